The van der Waals surface area contributed by atoms with E-state index < -0.39 is 10.0 Å². The Morgan fingerprint density at radius 2 is 2.05 bits per heavy atom. The molecule has 0 radical (unpaired) electrons. The third-order valence-corrected chi connectivity index (χ3v) is 5.51. The Kier molecular flexibility index (Phi) is 5.33. The van der Waals surface area contributed by atoms with E-state index in [2.05, 4.69) is 9.71 Å². The molecule has 0 aliphatic rings. The summed E-state index contributed by atoms with van der Waals surface area (Å²) < 4.78 is 26.4. The van der Waals surface area contributed by atoms with Crippen molar-refractivity contribution < 1.29 is 8.42 Å². The maximum Gasteiger partial charge on any atom is 0.233 e. The molecule has 0 aliphatic heterocycles. The fraction of sp³-hybridized carbons (Fsp3) is 0.154. The van der Waals surface area contributed by atoms with Crippen LogP contribution in [0.25, 0.3) is 0 Å². The first-order chi connectivity index (χ1) is 9.98. The lowest BCUT2D eigenvalue weighted by Crippen LogP contribution is -2.18. The van der Waals surface area contributed by atoms with Crippen LogP contribution in [0.2, 0.25) is 5.02 Å². The third-order valence-electron chi connectivity index (χ3n) is 2.56. The van der Waals surface area contributed by atoms with Crippen LogP contribution in [0.4, 0.5) is 11.4 Å². The van der Waals surface area contributed by atoms with E-state index in [9.17, 15) is 8.42 Å². The number of halogens is 1. The lowest BCUT2D eigenvalue weighted by molar-refractivity contribution is 0.602. The third kappa shape index (κ3) is 4.80. The minimum absolute atomic E-state index is 0.0444. The largest absolute Gasteiger partial charge is 0.398 e. The van der Waals surface area contributed by atoms with Crippen molar-refractivity contribution in [2.75, 3.05) is 22.0 Å². The summed E-state index contributed by atoms with van der Waals surface area (Å²) in [7, 11) is -3.48. The van der Waals surface area contributed by atoms with Gasteiger partial charge in [-0.15, -0.1) is 11.8 Å². The maximum atomic E-state index is 12.0. The summed E-state index contributed by atoms with van der Waals surface area (Å²) in [5, 5.41) is 0.313. The van der Waals surface area contributed by atoms with Crippen molar-refractivity contribution in [1.29, 1.82) is 0 Å². The number of benzene rings is 1. The molecule has 2 aromatic rings. The minimum atomic E-state index is -3.48. The van der Waals surface area contributed by atoms with Crippen molar-refractivity contribution in [2.45, 2.75) is 4.90 Å². The highest BCUT2D eigenvalue weighted by atomic mass is 35.5. The van der Waals surface area contributed by atoms with E-state index in [1.165, 1.54) is 30.2 Å². The Morgan fingerprint density at radius 3 is 2.76 bits per heavy atom. The molecule has 21 heavy (non-hydrogen) atoms. The van der Waals surface area contributed by atoms with E-state index in [1.807, 2.05) is 18.2 Å². The summed E-state index contributed by atoms with van der Waals surface area (Å²) in [5.41, 5.74) is 6.72. The molecule has 1 heterocycles. The van der Waals surface area contributed by atoms with E-state index in [0.717, 1.165) is 4.90 Å². The van der Waals surface area contributed by atoms with Gasteiger partial charge >= 0.3 is 0 Å². The van der Waals surface area contributed by atoms with E-state index in [4.69, 9.17) is 17.3 Å². The maximum absolute atomic E-state index is 12.0. The average molecular weight is 344 g/mol. The van der Waals surface area contributed by atoms with E-state index in [0.29, 0.717) is 16.5 Å². The number of thioether (sulfide) groups is 1. The number of anilines is 2. The van der Waals surface area contributed by atoms with Gasteiger partial charge in [-0.05, 0) is 18.2 Å². The van der Waals surface area contributed by atoms with Gasteiger partial charge in [-0.2, -0.15) is 0 Å². The molecule has 0 saturated carbocycles. The Labute approximate surface area is 133 Å². The molecule has 1 aromatic carbocycles. The van der Waals surface area contributed by atoms with Gasteiger partial charge in [0.25, 0.3) is 0 Å². The minimum Gasteiger partial charge on any atom is -0.398 e. The van der Waals surface area contributed by atoms with E-state index in [1.54, 1.807) is 6.07 Å². The lowest BCUT2D eigenvalue weighted by Gasteiger charge is -2.09. The van der Waals surface area contributed by atoms with Crippen molar-refractivity contribution in [3.63, 3.8) is 0 Å². The number of nitrogens with zero attached hydrogens (tertiary/aromatic N) is 1. The zero-order valence-corrected chi connectivity index (χ0v) is 13.4. The highest BCUT2D eigenvalue weighted by Gasteiger charge is 2.13. The molecule has 0 saturated heterocycles. The number of sulfonamides is 1. The molecule has 0 unspecified atom stereocenters. The zero-order chi connectivity index (χ0) is 15.3. The fourth-order valence-electron chi connectivity index (χ4n) is 1.54. The topological polar surface area (TPSA) is 85.1 Å². The van der Waals surface area contributed by atoms with Crippen LogP contribution in [0.15, 0.2) is 47.6 Å². The van der Waals surface area contributed by atoms with Crippen LogP contribution in [0, 0.1) is 0 Å². The zero-order valence-electron chi connectivity index (χ0n) is 11.0. The van der Waals surface area contributed by atoms with E-state index in [-0.39, 0.29) is 11.4 Å². The van der Waals surface area contributed by atoms with Gasteiger partial charge in [0.2, 0.25) is 10.0 Å². The average Bonchev–Trinajstić information content (AvgIpc) is 2.43. The number of hydrogen-bond acceptors (Lipinski definition) is 5. The number of para-hydroxylation sites is 1. The second kappa shape index (κ2) is 7.02. The van der Waals surface area contributed by atoms with Crippen molar-refractivity contribution in [2.24, 2.45) is 0 Å². The predicted molar refractivity (Wildman–Crippen MR) is 88.2 cm³/mol. The standard InChI is InChI=1S/C13H14ClN3O2S2/c14-10-5-6-16-9-12(10)17-21(18,19)8-7-20-13-4-2-1-3-11(13)15/h1-6,9,17H,7-8,15H2. The summed E-state index contributed by atoms with van der Waals surface area (Å²) in [5.74, 6) is 0.346. The van der Waals surface area contributed by atoms with Gasteiger partial charge in [0.15, 0.2) is 0 Å². The molecule has 112 valence electrons. The number of nitrogens with one attached hydrogen (secondary N) is 1. The molecule has 0 fully saturated rings. The van der Waals surface area contributed by atoms with Gasteiger partial charge in [0.1, 0.15) is 0 Å². The van der Waals surface area contributed by atoms with Crippen LogP contribution in [-0.2, 0) is 10.0 Å². The molecule has 0 atom stereocenters. The van der Waals surface area contributed by atoms with Gasteiger partial charge in [-0.3, -0.25) is 9.71 Å². The first kappa shape index (κ1) is 15.9. The van der Waals surface area contributed by atoms with Gasteiger partial charge in [0.05, 0.1) is 22.7 Å². The molecular weight excluding hydrogens is 330 g/mol. The van der Waals surface area contributed by atoms with Crippen molar-refractivity contribution in [3.05, 3.63) is 47.7 Å². The smallest absolute Gasteiger partial charge is 0.233 e. The molecule has 0 aliphatic carbocycles. The SMILES string of the molecule is Nc1ccccc1SCCS(=O)(=O)Nc1cnccc1Cl. The highest BCUT2D eigenvalue weighted by Crippen LogP contribution is 2.25. The summed E-state index contributed by atoms with van der Waals surface area (Å²) in [6.45, 7) is 0. The van der Waals surface area contributed by atoms with Crippen LogP contribution in [0.1, 0.15) is 0 Å². The fourth-order valence-corrected chi connectivity index (χ4v) is 4.19. The van der Waals surface area contributed by atoms with Gasteiger partial charge in [-0.1, -0.05) is 23.7 Å². The van der Waals surface area contributed by atoms with Gasteiger partial charge < -0.3 is 5.73 Å². The van der Waals surface area contributed by atoms with Crippen LogP contribution >= 0.6 is 23.4 Å². The number of rotatable bonds is 6. The summed E-state index contributed by atoms with van der Waals surface area (Å²) in [6.07, 6.45) is 2.87. The molecule has 0 bridgehead atoms. The molecule has 3 N–H and O–H groups in total. The van der Waals surface area contributed by atoms with E-state index >= 15 is 0 Å². The number of nitrogen functional groups attached to an aromatic ring is 1. The van der Waals surface area contributed by atoms with Crippen molar-refractivity contribution in [3.8, 4) is 0 Å². The van der Waals surface area contributed by atoms with Gasteiger partial charge in [0, 0.05) is 22.5 Å². The summed E-state index contributed by atoms with van der Waals surface area (Å²) >= 11 is 7.29. The quantitative estimate of drug-likeness (QED) is 0.622. The molecule has 8 heteroatoms. The summed E-state index contributed by atoms with van der Waals surface area (Å²) in [4.78, 5) is 4.70. The number of aromatic nitrogens is 1. The van der Waals surface area contributed by atoms with Crippen LogP contribution in [-0.4, -0.2) is 24.9 Å². The van der Waals surface area contributed by atoms with Gasteiger partial charge in [-0.25, -0.2) is 8.42 Å². The second-order valence-electron chi connectivity index (χ2n) is 4.16. The molecule has 5 nitrogen and oxygen atoms in total. The Balaban J connectivity index is 1.93. The monoisotopic (exact) mass is 343 g/mol. The molecule has 1 aromatic heterocycles. The Hall–Kier alpha value is -1.44. The first-order valence-corrected chi connectivity index (χ1v) is 9.07. The number of nitrogens with two attached hydrogens (primary N) is 1. The van der Waals surface area contributed by atoms with Crippen molar-refractivity contribution >= 4 is 44.8 Å². The molecule has 0 spiro atoms. The highest BCUT2D eigenvalue weighted by molar-refractivity contribution is 8.01. The van der Waals surface area contributed by atoms with Crippen LogP contribution in [0.5, 0.6) is 0 Å². The number of hydrogen-bond donors (Lipinski definition) is 2. The first-order valence-electron chi connectivity index (χ1n) is 6.05. The van der Waals surface area contributed by atoms with Crippen LogP contribution in [0.3, 0.4) is 0 Å². The second-order valence-corrected chi connectivity index (χ2v) is 7.55. The normalized spacial score (nSPS) is 11.3. The lowest BCUT2D eigenvalue weighted by atomic mass is 10.3. The number of pyridine rings is 1. The Morgan fingerprint density at radius 1 is 1.29 bits per heavy atom. The summed E-state index contributed by atoms with van der Waals surface area (Å²) in [6, 6.07) is 8.87. The van der Waals surface area contributed by atoms with Crippen LogP contribution < -0.4 is 10.5 Å². The molecule has 0 amide bonds. The predicted octanol–water partition coefficient (Wildman–Crippen LogP) is 2.85. The molecular formula is C13H14ClN3O2S2. The van der Waals surface area contributed by atoms with Crippen molar-refractivity contribution in [1.82, 2.24) is 4.98 Å². The Bertz CT molecular complexity index is 723. The molecule has 2 rings (SSSR count).